The van der Waals surface area contributed by atoms with Gasteiger partial charge >= 0.3 is 7.60 Å². The van der Waals surface area contributed by atoms with Gasteiger partial charge < -0.3 is 9.05 Å². The van der Waals surface area contributed by atoms with Gasteiger partial charge in [0, 0.05) is 5.82 Å². The van der Waals surface area contributed by atoms with Crippen LogP contribution >= 0.6 is 7.60 Å². The summed E-state index contributed by atoms with van der Waals surface area (Å²) in [5.41, 5.74) is 0.361. The van der Waals surface area contributed by atoms with Crippen LogP contribution in [-0.2, 0) is 13.6 Å². The molecule has 0 aromatic heterocycles. The van der Waals surface area contributed by atoms with E-state index in [1.165, 1.54) is 0 Å². The number of rotatable bonds is 6. The molecule has 0 aromatic carbocycles. The van der Waals surface area contributed by atoms with Crippen LogP contribution in [0.5, 0.6) is 0 Å². The van der Waals surface area contributed by atoms with Gasteiger partial charge in [-0.15, -0.1) is 0 Å². The van der Waals surface area contributed by atoms with Crippen molar-refractivity contribution in [3.05, 3.63) is 11.9 Å². The third-order valence-corrected chi connectivity index (χ3v) is 4.48. The standard InChI is InChI=1S/C11H21O3P/c1-5-13-15(12,14-6-2)8-7-10-9-11(10,3)4/h7-8,10H,5-6,9H2,1-4H3/b8-7+. The van der Waals surface area contributed by atoms with Crippen molar-refractivity contribution in [2.75, 3.05) is 13.2 Å². The molecular weight excluding hydrogens is 211 g/mol. The minimum Gasteiger partial charge on any atom is -0.306 e. The summed E-state index contributed by atoms with van der Waals surface area (Å²) in [6, 6.07) is 0. The highest BCUT2D eigenvalue weighted by molar-refractivity contribution is 7.57. The van der Waals surface area contributed by atoms with E-state index >= 15 is 0 Å². The van der Waals surface area contributed by atoms with Gasteiger partial charge in [-0.3, -0.25) is 4.57 Å². The summed E-state index contributed by atoms with van der Waals surface area (Å²) in [5.74, 6) is 2.14. The van der Waals surface area contributed by atoms with E-state index in [4.69, 9.17) is 9.05 Å². The molecule has 1 rings (SSSR count). The van der Waals surface area contributed by atoms with E-state index in [1.807, 2.05) is 19.9 Å². The van der Waals surface area contributed by atoms with E-state index in [-0.39, 0.29) is 0 Å². The summed E-state index contributed by atoms with van der Waals surface area (Å²) in [6.07, 6.45) is 3.13. The minimum atomic E-state index is -2.97. The third-order valence-electron chi connectivity index (χ3n) is 2.71. The van der Waals surface area contributed by atoms with E-state index < -0.39 is 7.60 Å². The Morgan fingerprint density at radius 3 is 2.13 bits per heavy atom. The maximum Gasteiger partial charge on any atom is 0.353 e. The first kappa shape index (κ1) is 13.0. The predicted octanol–water partition coefficient (Wildman–Crippen LogP) is 3.81. The smallest absolute Gasteiger partial charge is 0.306 e. The zero-order chi connectivity index (χ0) is 11.5. The second-order valence-electron chi connectivity index (χ2n) is 4.52. The Morgan fingerprint density at radius 1 is 1.33 bits per heavy atom. The Labute approximate surface area is 92.4 Å². The molecule has 0 amide bonds. The number of hydrogen-bond donors (Lipinski definition) is 0. The molecule has 0 radical (unpaired) electrons. The van der Waals surface area contributed by atoms with Gasteiger partial charge in [-0.1, -0.05) is 19.9 Å². The lowest BCUT2D eigenvalue weighted by Gasteiger charge is -2.12. The zero-order valence-electron chi connectivity index (χ0n) is 10.0. The van der Waals surface area contributed by atoms with Crippen LogP contribution in [0.15, 0.2) is 11.9 Å². The normalized spacial score (nSPS) is 24.7. The van der Waals surface area contributed by atoms with Crippen LogP contribution in [0.2, 0.25) is 0 Å². The summed E-state index contributed by atoms with van der Waals surface area (Å²) >= 11 is 0. The van der Waals surface area contributed by atoms with Crippen LogP contribution < -0.4 is 0 Å². The molecule has 4 heteroatoms. The second kappa shape index (κ2) is 4.82. The van der Waals surface area contributed by atoms with Crippen LogP contribution in [0.1, 0.15) is 34.1 Å². The summed E-state index contributed by atoms with van der Waals surface area (Å²) in [4.78, 5) is 0. The third kappa shape index (κ3) is 3.75. The first-order chi connectivity index (χ1) is 6.93. The Hall–Kier alpha value is -0.110. The Kier molecular flexibility index (Phi) is 4.16. The summed E-state index contributed by atoms with van der Waals surface area (Å²) in [5, 5.41) is 0. The molecule has 0 heterocycles. The van der Waals surface area contributed by atoms with Crippen molar-refractivity contribution in [1.82, 2.24) is 0 Å². The molecule has 0 spiro atoms. The SMILES string of the molecule is CCOP(=O)(/C=C/C1CC1(C)C)OCC. The molecule has 1 fully saturated rings. The fourth-order valence-electron chi connectivity index (χ4n) is 1.53. The van der Waals surface area contributed by atoms with Gasteiger partial charge in [-0.05, 0) is 31.6 Å². The highest BCUT2D eigenvalue weighted by atomic mass is 31.2. The van der Waals surface area contributed by atoms with Crippen LogP contribution in [-0.4, -0.2) is 13.2 Å². The van der Waals surface area contributed by atoms with E-state index in [0.717, 1.165) is 6.42 Å². The lowest BCUT2D eigenvalue weighted by Crippen LogP contribution is -1.93. The lowest BCUT2D eigenvalue weighted by molar-refractivity contribution is 0.229. The molecule has 0 N–H and O–H groups in total. The lowest BCUT2D eigenvalue weighted by atomic mass is 10.1. The van der Waals surface area contributed by atoms with Gasteiger partial charge in [0.25, 0.3) is 0 Å². The first-order valence-electron chi connectivity index (χ1n) is 5.51. The highest BCUT2D eigenvalue weighted by Gasteiger charge is 2.43. The molecule has 3 nitrogen and oxygen atoms in total. The molecule has 15 heavy (non-hydrogen) atoms. The fraction of sp³-hybridized carbons (Fsp3) is 0.818. The van der Waals surface area contributed by atoms with Gasteiger partial charge in [-0.2, -0.15) is 0 Å². The fourth-order valence-corrected chi connectivity index (χ4v) is 2.91. The summed E-state index contributed by atoms with van der Waals surface area (Å²) in [7, 11) is -2.97. The average Bonchev–Trinajstić information content (AvgIpc) is 2.72. The van der Waals surface area contributed by atoms with Crippen molar-refractivity contribution in [2.45, 2.75) is 34.1 Å². The predicted molar refractivity (Wildman–Crippen MR) is 61.9 cm³/mol. The minimum absolute atomic E-state index is 0.361. The van der Waals surface area contributed by atoms with Gasteiger partial charge in [0.2, 0.25) is 0 Å². The van der Waals surface area contributed by atoms with Crippen molar-refractivity contribution < 1.29 is 13.6 Å². The van der Waals surface area contributed by atoms with E-state index in [2.05, 4.69) is 13.8 Å². The van der Waals surface area contributed by atoms with Crippen LogP contribution in [0, 0.1) is 11.3 Å². The topological polar surface area (TPSA) is 35.5 Å². The number of allylic oxidation sites excluding steroid dienone is 1. The van der Waals surface area contributed by atoms with Gasteiger partial charge in [0.05, 0.1) is 13.2 Å². The van der Waals surface area contributed by atoms with Crippen molar-refractivity contribution in [3.63, 3.8) is 0 Å². The van der Waals surface area contributed by atoms with Crippen molar-refractivity contribution >= 4 is 7.60 Å². The van der Waals surface area contributed by atoms with Crippen molar-refractivity contribution in [1.29, 1.82) is 0 Å². The second-order valence-corrected chi connectivity index (χ2v) is 6.41. The zero-order valence-corrected chi connectivity index (χ0v) is 10.9. The van der Waals surface area contributed by atoms with E-state index in [9.17, 15) is 4.57 Å². The van der Waals surface area contributed by atoms with Crippen LogP contribution in [0.3, 0.4) is 0 Å². The van der Waals surface area contributed by atoms with Crippen molar-refractivity contribution in [3.8, 4) is 0 Å². The molecule has 1 atom stereocenters. The molecule has 0 aliphatic heterocycles. The molecule has 88 valence electrons. The Bertz CT molecular complexity index is 274. The van der Waals surface area contributed by atoms with Crippen LogP contribution in [0.25, 0.3) is 0 Å². The number of hydrogen-bond acceptors (Lipinski definition) is 3. The largest absolute Gasteiger partial charge is 0.353 e. The Balaban J connectivity index is 2.55. The quantitative estimate of drug-likeness (QED) is 0.653. The summed E-state index contributed by atoms with van der Waals surface area (Å²) in [6.45, 7) is 8.87. The average molecular weight is 232 g/mol. The molecule has 1 unspecified atom stereocenters. The van der Waals surface area contributed by atoms with E-state index in [1.54, 1.807) is 5.82 Å². The molecular formula is C11H21O3P. The monoisotopic (exact) mass is 232 g/mol. The Morgan fingerprint density at radius 2 is 1.80 bits per heavy atom. The molecule has 1 saturated carbocycles. The van der Waals surface area contributed by atoms with Gasteiger partial charge in [-0.25, -0.2) is 0 Å². The summed E-state index contributed by atoms with van der Waals surface area (Å²) < 4.78 is 22.4. The maximum atomic E-state index is 12.0. The van der Waals surface area contributed by atoms with E-state index in [0.29, 0.717) is 24.5 Å². The highest BCUT2D eigenvalue weighted by Crippen LogP contribution is 2.56. The van der Waals surface area contributed by atoms with Crippen molar-refractivity contribution in [2.24, 2.45) is 11.3 Å². The molecule has 0 saturated heterocycles. The van der Waals surface area contributed by atoms with Crippen LogP contribution in [0.4, 0.5) is 0 Å². The molecule has 1 aliphatic rings. The first-order valence-corrected chi connectivity index (χ1v) is 7.13. The molecule has 0 aromatic rings. The van der Waals surface area contributed by atoms with Gasteiger partial charge in [0.15, 0.2) is 0 Å². The molecule has 1 aliphatic carbocycles. The van der Waals surface area contributed by atoms with Gasteiger partial charge in [0.1, 0.15) is 0 Å². The maximum absolute atomic E-state index is 12.0. The molecule has 0 bridgehead atoms.